The summed E-state index contributed by atoms with van der Waals surface area (Å²) in [6.45, 7) is 6.43. The molecule has 1 fully saturated rings. The van der Waals surface area contributed by atoms with Crippen molar-refractivity contribution in [1.82, 2.24) is 4.90 Å². The van der Waals surface area contributed by atoms with E-state index in [0.717, 1.165) is 42.6 Å². The summed E-state index contributed by atoms with van der Waals surface area (Å²) >= 11 is 0. The molecule has 7 heteroatoms. The van der Waals surface area contributed by atoms with Crippen molar-refractivity contribution in [3.05, 3.63) is 64.7 Å². The van der Waals surface area contributed by atoms with E-state index in [1.54, 1.807) is 6.07 Å². The molecule has 36 heavy (non-hydrogen) atoms. The van der Waals surface area contributed by atoms with E-state index in [9.17, 15) is 4.79 Å². The van der Waals surface area contributed by atoms with Crippen molar-refractivity contribution in [2.75, 3.05) is 18.0 Å². The van der Waals surface area contributed by atoms with Gasteiger partial charge in [0.15, 0.2) is 0 Å². The molecule has 192 valence electrons. The minimum absolute atomic E-state index is 0.000747. The lowest BCUT2D eigenvalue weighted by molar-refractivity contribution is -0.120. The molecule has 2 aromatic carbocycles. The van der Waals surface area contributed by atoms with Gasteiger partial charge in [0.2, 0.25) is 5.91 Å². The highest BCUT2D eigenvalue weighted by atomic mass is 16.2. The average Bonchev–Trinajstić information content (AvgIpc) is 2.86. The lowest BCUT2D eigenvalue weighted by Gasteiger charge is -2.39. The predicted octanol–water partition coefficient (Wildman–Crippen LogP) is 4.36. The van der Waals surface area contributed by atoms with Crippen LogP contribution in [0.1, 0.15) is 80.5 Å². The fraction of sp³-hybridized carbons (Fsp3) is 0.483. The summed E-state index contributed by atoms with van der Waals surface area (Å²) in [5.41, 5.74) is 15.6. The largest absolute Gasteiger partial charge is 0.384 e. The second-order valence-corrected chi connectivity index (χ2v) is 10.5. The van der Waals surface area contributed by atoms with Gasteiger partial charge in [-0.25, -0.2) is 0 Å². The molecule has 0 radical (unpaired) electrons. The van der Waals surface area contributed by atoms with Crippen LogP contribution >= 0.6 is 0 Å². The third kappa shape index (κ3) is 5.62. The molecule has 0 aromatic heterocycles. The van der Waals surface area contributed by atoms with Gasteiger partial charge >= 0.3 is 0 Å². The summed E-state index contributed by atoms with van der Waals surface area (Å²) in [6.07, 6.45) is 7.59. The summed E-state index contributed by atoms with van der Waals surface area (Å²) in [5, 5.41) is 15.7. The first-order valence-corrected chi connectivity index (χ1v) is 13.2. The van der Waals surface area contributed by atoms with Crippen LogP contribution in [0.5, 0.6) is 0 Å². The number of hydrogen-bond acceptors (Lipinski definition) is 4. The first-order chi connectivity index (χ1) is 17.3. The molecule has 1 amide bonds. The van der Waals surface area contributed by atoms with Gasteiger partial charge in [0.05, 0.1) is 5.92 Å². The number of fused-ring (bicyclic) bond motifs is 1. The predicted molar refractivity (Wildman–Crippen MR) is 147 cm³/mol. The highest BCUT2D eigenvalue weighted by Gasteiger charge is 2.34. The van der Waals surface area contributed by atoms with Crippen molar-refractivity contribution in [2.45, 2.75) is 76.8 Å². The molecule has 1 saturated heterocycles. The van der Waals surface area contributed by atoms with E-state index < -0.39 is 0 Å². The third-order valence-corrected chi connectivity index (χ3v) is 7.95. The van der Waals surface area contributed by atoms with Crippen LogP contribution in [0.4, 0.5) is 5.69 Å². The molecule has 0 bridgehead atoms. The van der Waals surface area contributed by atoms with Gasteiger partial charge in [0, 0.05) is 35.4 Å². The van der Waals surface area contributed by atoms with Gasteiger partial charge in [-0.15, -0.1) is 0 Å². The molecule has 0 aliphatic carbocycles. The van der Waals surface area contributed by atoms with Crippen LogP contribution in [0.25, 0.3) is 0 Å². The molecule has 1 unspecified atom stereocenters. The lowest BCUT2D eigenvalue weighted by Crippen LogP contribution is -2.44. The normalized spacial score (nSPS) is 22.3. The Bertz CT molecular complexity index is 1120. The van der Waals surface area contributed by atoms with Crippen molar-refractivity contribution >= 4 is 23.3 Å². The molecule has 2 heterocycles. The smallest absolute Gasteiger partial charge is 0.234 e. The summed E-state index contributed by atoms with van der Waals surface area (Å²) < 4.78 is 0. The summed E-state index contributed by atoms with van der Waals surface area (Å²) in [5.74, 6) is -0.260. The van der Waals surface area contributed by atoms with Crippen molar-refractivity contribution < 1.29 is 4.79 Å². The monoisotopic (exact) mass is 488 g/mol. The number of carbonyl (C=O) groups excluding carboxylic acids is 1. The van der Waals surface area contributed by atoms with Crippen molar-refractivity contribution in [3.63, 3.8) is 0 Å². The number of anilines is 1. The molecule has 2 aliphatic heterocycles. The lowest BCUT2D eigenvalue weighted by atomic mass is 9.85. The molecule has 3 atom stereocenters. The molecule has 0 saturated carbocycles. The topological polar surface area (TPSA) is 123 Å². The molecule has 2 aliphatic rings. The van der Waals surface area contributed by atoms with Crippen LogP contribution in [-0.4, -0.2) is 47.7 Å². The second kappa shape index (κ2) is 11.2. The number of nitrogen functional groups attached to an aromatic ring is 2. The quantitative estimate of drug-likeness (QED) is 0.238. The van der Waals surface area contributed by atoms with Gasteiger partial charge < -0.3 is 16.4 Å². The number of unbranched alkanes of at least 4 members (excludes halogenated alkanes) is 2. The highest BCUT2D eigenvalue weighted by Crippen LogP contribution is 2.37. The van der Waals surface area contributed by atoms with Crippen LogP contribution in [0.2, 0.25) is 0 Å². The van der Waals surface area contributed by atoms with E-state index in [4.69, 9.17) is 22.3 Å². The number of nitrogens with zero attached hydrogens (tertiary/aromatic N) is 2. The Kier molecular flexibility index (Phi) is 8.09. The molecule has 0 spiro atoms. The fourth-order valence-corrected chi connectivity index (χ4v) is 5.84. The summed E-state index contributed by atoms with van der Waals surface area (Å²) in [4.78, 5) is 18.3. The van der Waals surface area contributed by atoms with Crippen molar-refractivity contribution in [1.29, 1.82) is 10.8 Å². The number of likely N-dealkylation sites (tertiary alicyclic amines) is 1. The number of benzene rings is 2. The third-order valence-electron chi connectivity index (χ3n) is 7.95. The summed E-state index contributed by atoms with van der Waals surface area (Å²) in [7, 11) is 0. The van der Waals surface area contributed by atoms with Crippen LogP contribution < -0.4 is 16.4 Å². The average molecular weight is 489 g/mol. The maximum Gasteiger partial charge on any atom is 0.234 e. The van der Waals surface area contributed by atoms with Crippen LogP contribution in [0, 0.1) is 10.8 Å². The van der Waals surface area contributed by atoms with E-state index in [-0.39, 0.29) is 23.5 Å². The van der Waals surface area contributed by atoms with E-state index in [2.05, 4.69) is 18.7 Å². The Morgan fingerprint density at radius 1 is 0.917 bits per heavy atom. The highest BCUT2D eigenvalue weighted by molar-refractivity contribution is 6.04. The molecule has 6 N–H and O–H groups in total. The Morgan fingerprint density at radius 3 is 2.28 bits per heavy atom. The summed E-state index contributed by atoms with van der Waals surface area (Å²) in [6, 6.07) is 14.5. The minimum Gasteiger partial charge on any atom is -0.384 e. The molecule has 4 rings (SSSR count). The van der Waals surface area contributed by atoms with Gasteiger partial charge in [-0.05, 0) is 75.8 Å². The SMILES string of the molecule is C[C@@H]1CCC[C@H](C)N1CCCCCN1C(=O)C(c2cccc(C(=N)N)c2)Cc2ccc(C(=N)N)cc21. The number of hydrogen-bond donors (Lipinski definition) is 4. The second-order valence-electron chi connectivity index (χ2n) is 10.5. The molecule has 2 aromatic rings. The van der Waals surface area contributed by atoms with E-state index in [0.29, 0.717) is 36.2 Å². The van der Waals surface area contributed by atoms with Gasteiger partial charge in [-0.1, -0.05) is 43.2 Å². The Balaban J connectivity index is 1.49. The number of nitrogens with two attached hydrogens (primary N) is 2. The minimum atomic E-state index is -0.324. The number of rotatable bonds is 9. The van der Waals surface area contributed by atoms with Crippen molar-refractivity contribution in [3.8, 4) is 0 Å². The number of carbonyl (C=O) groups is 1. The number of amidine groups is 2. The molecular weight excluding hydrogens is 448 g/mol. The zero-order valence-electron chi connectivity index (χ0n) is 21.6. The first-order valence-electron chi connectivity index (χ1n) is 13.2. The molecular formula is C29H40N6O. The number of nitrogens with one attached hydrogen (secondary N) is 2. The standard InChI is InChI=1S/C29H40N6O/c1-19-8-6-9-20(2)34(19)14-4-3-5-15-35-26-18-24(28(32)33)13-12-22(26)17-25(29(35)36)21-10-7-11-23(16-21)27(30)31/h7,10-13,16,18-20,25H,3-6,8-9,14-15,17H2,1-2H3,(H3,30,31)(H3,32,33)/t19-,20+,25?. The Labute approximate surface area is 214 Å². The first kappa shape index (κ1) is 25.9. The molecule has 7 nitrogen and oxygen atoms in total. The zero-order chi connectivity index (χ0) is 25.8. The van der Waals surface area contributed by atoms with Crippen LogP contribution in [0.3, 0.4) is 0 Å². The van der Waals surface area contributed by atoms with Gasteiger partial charge in [-0.3, -0.25) is 20.5 Å². The van der Waals surface area contributed by atoms with Crippen molar-refractivity contribution in [2.24, 2.45) is 11.5 Å². The zero-order valence-corrected chi connectivity index (χ0v) is 21.6. The number of piperidine rings is 1. The van der Waals surface area contributed by atoms with E-state index in [1.807, 2.05) is 41.3 Å². The van der Waals surface area contributed by atoms with Gasteiger partial charge in [0.25, 0.3) is 0 Å². The van der Waals surface area contributed by atoms with E-state index >= 15 is 0 Å². The van der Waals surface area contributed by atoms with Gasteiger partial charge in [-0.2, -0.15) is 0 Å². The van der Waals surface area contributed by atoms with Crippen LogP contribution in [0.15, 0.2) is 42.5 Å². The maximum absolute atomic E-state index is 13.8. The van der Waals surface area contributed by atoms with Gasteiger partial charge in [0.1, 0.15) is 11.7 Å². The number of amides is 1. The Hall–Kier alpha value is -3.19. The maximum atomic E-state index is 13.8. The van der Waals surface area contributed by atoms with E-state index in [1.165, 1.54) is 19.3 Å². The Morgan fingerprint density at radius 2 is 1.58 bits per heavy atom. The van der Waals surface area contributed by atoms with Crippen LogP contribution in [-0.2, 0) is 11.2 Å². The fourth-order valence-electron chi connectivity index (χ4n) is 5.84.